The van der Waals surface area contributed by atoms with Crippen LogP contribution in [0.5, 0.6) is 0 Å². The minimum atomic E-state index is -4.58. The van der Waals surface area contributed by atoms with Crippen LogP contribution in [0, 0.1) is 0 Å². The molecule has 1 saturated carbocycles. The summed E-state index contributed by atoms with van der Waals surface area (Å²) in [5.41, 5.74) is 1.85. The third-order valence-electron chi connectivity index (χ3n) is 7.99. The number of alkyl halides is 3. The number of aliphatic hydroxyl groups excluding tert-OH is 1. The molecule has 0 bridgehead atoms. The molecule has 0 aliphatic heterocycles. The number of fused-ring (bicyclic) bond motifs is 1. The second-order valence-corrected chi connectivity index (χ2v) is 13.4. The van der Waals surface area contributed by atoms with Gasteiger partial charge in [-0.3, -0.25) is 4.79 Å². The van der Waals surface area contributed by atoms with E-state index in [1.165, 1.54) is 24.3 Å². The van der Waals surface area contributed by atoms with Crippen molar-refractivity contribution >= 4 is 33.0 Å². The molecule has 2 aromatic heterocycles. The number of pyridine rings is 1. The van der Waals surface area contributed by atoms with Crippen molar-refractivity contribution in [3.8, 4) is 0 Å². The van der Waals surface area contributed by atoms with E-state index in [0.717, 1.165) is 37.4 Å². The van der Waals surface area contributed by atoms with Gasteiger partial charge in [-0.1, -0.05) is 49.6 Å². The third-order valence-corrected chi connectivity index (χ3v) is 9.97. The molecule has 7 nitrogen and oxygen atoms in total. The normalized spacial score (nSPS) is 15.2. The standard InChI is InChI=1S/C31H31ClF3N3O4S/c1-2-43(41,42)24-11-8-19(9-12-24)27(18-39)37-30(40)22-13-14-38-28(16-22)36-26(29(38)20-5-3-4-6-20)15-21-7-10-23(32)17-25(21)31(33,34)35/h7-14,16-17,20,27,39H,2-6,15,18H2,1H3,(H,37,40)/t27-/m0/s1. The Hall–Kier alpha value is -3.41. The van der Waals surface area contributed by atoms with Crippen LogP contribution in [-0.4, -0.2) is 41.2 Å². The maximum Gasteiger partial charge on any atom is 0.416 e. The fourth-order valence-corrected chi connectivity index (χ4v) is 6.77. The summed E-state index contributed by atoms with van der Waals surface area (Å²) in [5.74, 6) is -0.406. The van der Waals surface area contributed by atoms with Crippen molar-refractivity contribution in [3.63, 3.8) is 0 Å². The molecule has 1 aliphatic rings. The van der Waals surface area contributed by atoms with Crippen LogP contribution in [0.4, 0.5) is 13.2 Å². The molecular weight excluding hydrogens is 603 g/mol. The van der Waals surface area contributed by atoms with E-state index in [0.29, 0.717) is 16.9 Å². The van der Waals surface area contributed by atoms with Crippen LogP contribution in [-0.2, 0) is 22.4 Å². The first-order chi connectivity index (χ1) is 20.4. The molecule has 4 aromatic rings. The van der Waals surface area contributed by atoms with Gasteiger partial charge in [0.2, 0.25) is 0 Å². The molecule has 1 fully saturated rings. The lowest BCUT2D eigenvalue weighted by Gasteiger charge is -2.17. The third kappa shape index (κ3) is 6.58. The fourth-order valence-electron chi connectivity index (χ4n) is 5.71. The Morgan fingerprint density at radius 2 is 1.81 bits per heavy atom. The first-order valence-corrected chi connectivity index (χ1v) is 16.0. The van der Waals surface area contributed by atoms with Crippen LogP contribution in [0.15, 0.2) is 65.7 Å². The highest BCUT2D eigenvalue weighted by Gasteiger charge is 2.34. The number of nitrogens with one attached hydrogen (secondary N) is 1. The van der Waals surface area contributed by atoms with Gasteiger partial charge in [-0.05, 0) is 60.4 Å². The number of nitrogens with zero attached hydrogens (tertiary/aromatic N) is 2. The predicted molar refractivity (Wildman–Crippen MR) is 157 cm³/mol. The average Bonchev–Trinajstić information content (AvgIpc) is 3.63. The van der Waals surface area contributed by atoms with Crippen molar-refractivity contribution in [2.45, 2.75) is 62.1 Å². The van der Waals surface area contributed by atoms with E-state index < -0.39 is 40.1 Å². The van der Waals surface area contributed by atoms with E-state index in [4.69, 9.17) is 16.6 Å². The molecule has 12 heteroatoms. The van der Waals surface area contributed by atoms with Gasteiger partial charge in [-0.15, -0.1) is 0 Å². The number of carbonyl (C=O) groups excluding carboxylic acids is 1. The molecule has 0 radical (unpaired) electrons. The molecule has 1 aliphatic carbocycles. The SMILES string of the molecule is CCS(=O)(=O)c1ccc([C@H](CO)NC(=O)c2ccn3c(C4CCCC4)c(Cc4ccc(Cl)cc4C(F)(F)F)nc3c2)cc1. The van der Waals surface area contributed by atoms with Gasteiger partial charge in [-0.2, -0.15) is 13.2 Å². The van der Waals surface area contributed by atoms with E-state index in [9.17, 15) is 31.5 Å². The largest absolute Gasteiger partial charge is 0.416 e. The zero-order valence-corrected chi connectivity index (χ0v) is 24.9. The molecule has 228 valence electrons. The maximum absolute atomic E-state index is 13.8. The van der Waals surface area contributed by atoms with Gasteiger partial charge in [0.05, 0.1) is 34.6 Å². The van der Waals surface area contributed by atoms with E-state index in [2.05, 4.69) is 5.32 Å². The molecule has 43 heavy (non-hydrogen) atoms. The molecule has 0 saturated heterocycles. The number of sulfone groups is 1. The number of aromatic nitrogens is 2. The zero-order chi connectivity index (χ0) is 30.9. The number of benzene rings is 2. The summed E-state index contributed by atoms with van der Waals surface area (Å²) < 4.78 is 67.6. The summed E-state index contributed by atoms with van der Waals surface area (Å²) in [5, 5.41) is 12.8. The minimum absolute atomic E-state index is 0.000802. The summed E-state index contributed by atoms with van der Waals surface area (Å²) in [4.78, 5) is 18.1. The second kappa shape index (κ2) is 12.3. The number of carbonyl (C=O) groups is 1. The van der Waals surface area contributed by atoms with E-state index in [1.54, 1.807) is 37.4 Å². The number of imidazole rings is 1. The molecule has 2 N–H and O–H groups in total. The molecular formula is C31H31ClF3N3O4S. The number of hydrogen-bond donors (Lipinski definition) is 2. The molecule has 5 rings (SSSR count). The zero-order valence-electron chi connectivity index (χ0n) is 23.4. The molecule has 2 aromatic carbocycles. The Morgan fingerprint density at radius 3 is 2.44 bits per heavy atom. The minimum Gasteiger partial charge on any atom is -0.394 e. The van der Waals surface area contributed by atoms with Crippen molar-refractivity contribution in [1.29, 1.82) is 0 Å². The van der Waals surface area contributed by atoms with E-state index >= 15 is 0 Å². The highest BCUT2D eigenvalue weighted by Crippen LogP contribution is 2.39. The van der Waals surface area contributed by atoms with Crippen LogP contribution < -0.4 is 5.32 Å². The van der Waals surface area contributed by atoms with Crippen molar-refractivity contribution in [2.24, 2.45) is 0 Å². The average molecular weight is 634 g/mol. The Balaban J connectivity index is 1.46. The topological polar surface area (TPSA) is 101 Å². The lowest BCUT2D eigenvalue weighted by atomic mass is 9.96. The summed E-state index contributed by atoms with van der Waals surface area (Å²) >= 11 is 5.89. The summed E-state index contributed by atoms with van der Waals surface area (Å²) in [6.07, 6.45) is 0.905. The van der Waals surface area contributed by atoms with Gasteiger partial charge in [0.1, 0.15) is 5.65 Å². The van der Waals surface area contributed by atoms with Gasteiger partial charge in [0, 0.05) is 34.8 Å². The highest BCUT2D eigenvalue weighted by molar-refractivity contribution is 7.91. The van der Waals surface area contributed by atoms with Crippen molar-refractivity contribution in [3.05, 3.63) is 99.5 Å². The van der Waals surface area contributed by atoms with Gasteiger partial charge in [-0.25, -0.2) is 13.4 Å². The van der Waals surface area contributed by atoms with Crippen molar-refractivity contribution < 1.29 is 31.5 Å². The van der Waals surface area contributed by atoms with Crippen LogP contribution in [0.1, 0.15) is 83.0 Å². The summed E-state index contributed by atoms with van der Waals surface area (Å²) in [6, 6.07) is 12.1. The van der Waals surface area contributed by atoms with E-state index in [-0.39, 0.29) is 39.1 Å². The molecule has 1 amide bonds. The Labute approximate surface area is 252 Å². The molecule has 0 spiro atoms. The van der Waals surface area contributed by atoms with Crippen molar-refractivity contribution in [1.82, 2.24) is 14.7 Å². The molecule has 1 atom stereocenters. The van der Waals surface area contributed by atoms with Gasteiger partial charge < -0.3 is 14.8 Å². The van der Waals surface area contributed by atoms with Crippen LogP contribution >= 0.6 is 11.6 Å². The summed E-state index contributed by atoms with van der Waals surface area (Å²) in [7, 11) is -3.39. The van der Waals surface area contributed by atoms with Gasteiger partial charge in [0.15, 0.2) is 9.84 Å². The van der Waals surface area contributed by atoms with E-state index in [1.807, 2.05) is 4.40 Å². The Morgan fingerprint density at radius 1 is 1.12 bits per heavy atom. The number of hydrogen-bond acceptors (Lipinski definition) is 5. The van der Waals surface area contributed by atoms with Crippen LogP contribution in [0.2, 0.25) is 5.02 Å². The van der Waals surface area contributed by atoms with Crippen LogP contribution in [0.25, 0.3) is 5.65 Å². The first-order valence-electron chi connectivity index (χ1n) is 14.0. The fraction of sp³-hybridized carbons (Fsp3) is 0.355. The smallest absolute Gasteiger partial charge is 0.394 e. The van der Waals surface area contributed by atoms with Crippen molar-refractivity contribution in [2.75, 3.05) is 12.4 Å². The maximum atomic E-state index is 13.8. The Bertz CT molecular complexity index is 1750. The number of rotatable bonds is 9. The van der Waals surface area contributed by atoms with Gasteiger partial charge in [0.25, 0.3) is 5.91 Å². The number of amides is 1. The highest BCUT2D eigenvalue weighted by atomic mass is 35.5. The second-order valence-electron chi connectivity index (χ2n) is 10.7. The molecule has 2 heterocycles. The number of aliphatic hydroxyl groups is 1. The predicted octanol–water partition coefficient (Wildman–Crippen LogP) is 6.51. The van der Waals surface area contributed by atoms with Crippen LogP contribution in [0.3, 0.4) is 0 Å². The number of halogens is 4. The van der Waals surface area contributed by atoms with Gasteiger partial charge >= 0.3 is 6.18 Å². The first kappa shape index (κ1) is 31.0. The molecule has 0 unspecified atom stereocenters. The lowest BCUT2D eigenvalue weighted by molar-refractivity contribution is -0.138. The lowest BCUT2D eigenvalue weighted by Crippen LogP contribution is -2.30. The quantitative estimate of drug-likeness (QED) is 0.219. The summed E-state index contributed by atoms with van der Waals surface area (Å²) in [6.45, 7) is 1.13. The Kier molecular flexibility index (Phi) is 8.87. The monoisotopic (exact) mass is 633 g/mol.